The molecule has 0 spiro atoms. The fourth-order valence-corrected chi connectivity index (χ4v) is 3.52. The number of thiophene rings is 1. The van der Waals surface area contributed by atoms with Crippen molar-refractivity contribution in [2.45, 2.75) is 0 Å². The maximum atomic E-state index is 3.38. The monoisotopic (exact) mass is 233 g/mol. The summed E-state index contributed by atoms with van der Waals surface area (Å²) in [7, 11) is 0. The summed E-state index contributed by atoms with van der Waals surface area (Å²) < 4.78 is 2.70. The second-order valence-electron chi connectivity index (χ2n) is 4.17. The van der Waals surface area contributed by atoms with Gasteiger partial charge in [0.1, 0.15) is 0 Å². The molecule has 0 aliphatic carbocycles. The molecule has 1 aromatic heterocycles. The van der Waals surface area contributed by atoms with Crippen LogP contribution in [0.2, 0.25) is 0 Å². The van der Waals surface area contributed by atoms with Gasteiger partial charge in [-0.05, 0) is 29.0 Å². The zero-order chi connectivity index (χ0) is 11.2. The standard InChI is InChI=1S/C16H9S/c1-2-6-12-11(5-1)9-10-15-16(12)13-7-3-4-8-14(13)17-15/h1-5,7-10H. The molecular formula is C16H9S. The van der Waals surface area contributed by atoms with Crippen molar-refractivity contribution < 1.29 is 0 Å². The van der Waals surface area contributed by atoms with E-state index in [1.54, 1.807) is 0 Å². The number of hydrogen-bond acceptors (Lipinski definition) is 1. The summed E-state index contributed by atoms with van der Waals surface area (Å²) in [5, 5.41) is 5.20. The molecular weight excluding hydrogens is 224 g/mol. The van der Waals surface area contributed by atoms with Crippen LogP contribution < -0.4 is 0 Å². The summed E-state index contributed by atoms with van der Waals surface area (Å²) in [6, 6.07) is 22.6. The van der Waals surface area contributed by atoms with E-state index in [1.807, 2.05) is 23.5 Å². The maximum absolute atomic E-state index is 3.38. The fraction of sp³-hybridized carbons (Fsp3) is 0. The molecule has 0 aliphatic rings. The third-order valence-corrected chi connectivity index (χ3v) is 4.31. The second-order valence-corrected chi connectivity index (χ2v) is 5.26. The molecule has 0 saturated carbocycles. The molecule has 1 heterocycles. The highest BCUT2D eigenvalue weighted by Gasteiger charge is 2.07. The zero-order valence-electron chi connectivity index (χ0n) is 9.10. The lowest BCUT2D eigenvalue weighted by Gasteiger charge is -1.99. The predicted molar refractivity (Wildman–Crippen MR) is 75.7 cm³/mol. The SMILES string of the molecule is [c]1cccc2ccc3sc4ccccc4c3c12. The summed E-state index contributed by atoms with van der Waals surface area (Å²) in [6.45, 7) is 0. The van der Waals surface area contributed by atoms with Gasteiger partial charge in [0.25, 0.3) is 0 Å². The molecule has 1 radical (unpaired) electrons. The summed E-state index contributed by atoms with van der Waals surface area (Å²) in [5.74, 6) is 0. The van der Waals surface area contributed by atoms with Gasteiger partial charge in [-0.3, -0.25) is 0 Å². The highest BCUT2D eigenvalue weighted by atomic mass is 32.1. The van der Waals surface area contributed by atoms with Crippen molar-refractivity contribution in [1.29, 1.82) is 0 Å². The molecule has 0 bridgehead atoms. The van der Waals surface area contributed by atoms with Crippen LogP contribution in [0.3, 0.4) is 0 Å². The van der Waals surface area contributed by atoms with E-state index in [0.29, 0.717) is 0 Å². The van der Waals surface area contributed by atoms with Gasteiger partial charge in [-0.1, -0.05) is 42.5 Å². The average molecular weight is 233 g/mol. The van der Waals surface area contributed by atoms with Crippen molar-refractivity contribution in [3.8, 4) is 0 Å². The van der Waals surface area contributed by atoms with E-state index >= 15 is 0 Å². The summed E-state index contributed by atoms with van der Waals surface area (Å²) in [5.41, 5.74) is 0. The van der Waals surface area contributed by atoms with E-state index in [0.717, 1.165) is 0 Å². The van der Waals surface area contributed by atoms with Crippen molar-refractivity contribution >= 4 is 42.3 Å². The average Bonchev–Trinajstić information content (AvgIpc) is 2.77. The molecule has 0 N–H and O–H groups in total. The van der Waals surface area contributed by atoms with Crippen LogP contribution >= 0.6 is 11.3 Å². The van der Waals surface area contributed by atoms with Gasteiger partial charge in [0.2, 0.25) is 0 Å². The molecule has 0 amide bonds. The summed E-state index contributed by atoms with van der Waals surface area (Å²) in [4.78, 5) is 0. The molecule has 17 heavy (non-hydrogen) atoms. The first-order valence-electron chi connectivity index (χ1n) is 5.64. The molecule has 0 aliphatic heterocycles. The third kappa shape index (κ3) is 1.23. The first-order chi connectivity index (χ1) is 8.43. The molecule has 0 nitrogen and oxygen atoms in total. The Morgan fingerprint density at radius 1 is 0.824 bits per heavy atom. The van der Waals surface area contributed by atoms with Crippen LogP contribution in [0, 0.1) is 6.07 Å². The summed E-state index contributed by atoms with van der Waals surface area (Å²) in [6.07, 6.45) is 0. The number of rotatable bonds is 0. The Hall–Kier alpha value is -1.86. The minimum absolute atomic E-state index is 1.24. The van der Waals surface area contributed by atoms with Crippen LogP contribution in [0.1, 0.15) is 0 Å². The van der Waals surface area contributed by atoms with Gasteiger partial charge in [-0.2, -0.15) is 0 Å². The maximum Gasteiger partial charge on any atom is 0.0362 e. The number of benzene rings is 3. The van der Waals surface area contributed by atoms with Gasteiger partial charge in [0, 0.05) is 20.2 Å². The van der Waals surface area contributed by atoms with Crippen molar-refractivity contribution in [3.63, 3.8) is 0 Å². The zero-order valence-corrected chi connectivity index (χ0v) is 9.92. The highest BCUT2D eigenvalue weighted by molar-refractivity contribution is 7.26. The lowest BCUT2D eigenvalue weighted by atomic mass is 10.0. The van der Waals surface area contributed by atoms with Crippen LogP contribution in [-0.4, -0.2) is 0 Å². The first kappa shape index (κ1) is 9.20. The topological polar surface area (TPSA) is 0 Å². The third-order valence-electron chi connectivity index (χ3n) is 3.18. The van der Waals surface area contributed by atoms with Crippen molar-refractivity contribution in [3.05, 3.63) is 60.7 Å². The molecule has 0 saturated heterocycles. The van der Waals surface area contributed by atoms with E-state index in [2.05, 4.69) is 48.5 Å². The van der Waals surface area contributed by atoms with Gasteiger partial charge in [-0.25, -0.2) is 0 Å². The normalized spacial score (nSPS) is 11.5. The van der Waals surface area contributed by atoms with Gasteiger partial charge in [-0.15, -0.1) is 11.3 Å². The van der Waals surface area contributed by atoms with Gasteiger partial charge in [0.05, 0.1) is 0 Å². The molecule has 0 unspecified atom stereocenters. The van der Waals surface area contributed by atoms with E-state index in [9.17, 15) is 0 Å². The predicted octanol–water partition coefficient (Wildman–Crippen LogP) is 5.01. The minimum atomic E-state index is 1.24. The molecule has 4 aromatic rings. The Balaban J connectivity index is 2.38. The number of hydrogen-bond donors (Lipinski definition) is 0. The van der Waals surface area contributed by atoms with Crippen molar-refractivity contribution in [2.24, 2.45) is 0 Å². The quantitative estimate of drug-likeness (QED) is 0.400. The Morgan fingerprint density at radius 2 is 1.76 bits per heavy atom. The fourth-order valence-electron chi connectivity index (χ4n) is 2.41. The molecule has 4 rings (SSSR count). The summed E-state index contributed by atoms with van der Waals surface area (Å²) >= 11 is 1.86. The lowest BCUT2D eigenvalue weighted by Crippen LogP contribution is -1.73. The molecule has 79 valence electrons. The van der Waals surface area contributed by atoms with E-state index in [-0.39, 0.29) is 0 Å². The lowest BCUT2D eigenvalue weighted by molar-refractivity contribution is 1.80. The molecule has 0 fully saturated rings. The van der Waals surface area contributed by atoms with Crippen molar-refractivity contribution in [1.82, 2.24) is 0 Å². The van der Waals surface area contributed by atoms with E-state index in [4.69, 9.17) is 0 Å². The van der Waals surface area contributed by atoms with Gasteiger partial charge in [0.15, 0.2) is 0 Å². The van der Waals surface area contributed by atoms with Crippen LogP contribution in [0.15, 0.2) is 54.6 Å². The Morgan fingerprint density at radius 3 is 2.76 bits per heavy atom. The van der Waals surface area contributed by atoms with Crippen LogP contribution in [-0.2, 0) is 0 Å². The minimum Gasteiger partial charge on any atom is -0.135 e. The van der Waals surface area contributed by atoms with Crippen LogP contribution in [0.4, 0.5) is 0 Å². The second kappa shape index (κ2) is 3.31. The van der Waals surface area contributed by atoms with E-state index < -0.39 is 0 Å². The first-order valence-corrected chi connectivity index (χ1v) is 6.46. The Bertz CT molecular complexity index is 834. The molecule has 3 aromatic carbocycles. The van der Waals surface area contributed by atoms with Crippen molar-refractivity contribution in [2.75, 3.05) is 0 Å². The smallest absolute Gasteiger partial charge is 0.0362 e. The molecule has 1 heteroatoms. The van der Waals surface area contributed by atoms with Gasteiger partial charge >= 0.3 is 0 Å². The van der Waals surface area contributed by atoms with Gasteiger partial charge < -0.3 is 0 Å². The Kier molecular flexibility index (Phi) is 1.79. The van der Waals surface area contributed by atoms with E-state index in [1.165, 1.54) is 30.9 Å². The van der Waals surface area contributed by atoms with Crippen LogP contribution in [0.25, 0.3) is 30.9 Å². The highest BCUT2D eigenvalue weighted by Crippen LogP contribution is 2.37. The Labute approximate surface area is 103 Å². The van der Waals surface area contributed by atoms with Crippen LogP contribution in [0.5, 0.6) is 0 Å². The molecule has 0 atom stereocenters. The largest absolute Gasteiger partial charge is 0.135 e. The number of fused-ring (bicyclic) bond motifs is 5.